The van der Waals surface area contributed by atoms with Crippen LogP contribution < -0.4 is 5.32 Å². The second-order valence-corrected chi connectivity index (χ2v) is 5.25. The smallest absolute Gasteiger partial charge is 0.324 e. The third-order valence-electron chi connectivity index (χ3n) is 3.91. The number of nitrogens with zero attached hydrogens (tertiary/aromatic N) is 3. The molecule has 6 nitrogen and oxygen atoms in total. The molecule has 0 spiro atoms. The molecule has 1 aromatic heterocycles. The van der Waals surface area contributed by atoms with Crippen LogP contribution in [-0.4, -0.2) is 52.4 Å². The highest BCUT2D eigenvalue weighted by Gasteiger charge is 2.36. The molecule has 0 unspecified atom stereocenters. The number of rotatable bonds is 3. The summed E-state index contributed by atoms with van der Waals surface area (Å²) in [7, 11) is 0. The molecule has 20 heavy (non-hydrogen) atoms. The molecular weight excluding hydrogens is 256 g/mol. The predicted octanol–water partition coefficient (Wildman–Crippen LogP) is 0.598. The van der Waals surface area contributed by atoms with Crippen LogP contribution in [0.1, 0.15) is 18.5 Å². The van der Waals surface area contributed by atoms with Crippen LogP contribution in [0, 0.1) is 0 Å². The van der Waals surface area contributed by atoms with Crippen molar-refractivity contribution in [1.82, 2.24) is 20.1 Å². The summed E-state index contributed by atoms with van der Waals surface area (Å²) in [6.07, 6.45) is 3.48. The van der Waals surface area contributed by atoms with Gasteiger partial charge in [0.25, 0.3) is 0 Å². The number of carbonyl (C=O) groups is 2. The number of hydrogen-bond donors (Lipinski definition) is 1. The average Bonchev–Trinajstić information content (AvgIpc) is 2.81. The lowest BCUT2D eigenvalue weighted by molar-refractivity contribution is -0.127. The second-order valence-electron chi connectivity index (χ2n) is 5.25. The van der Waals surface area contributed by atoms with Gasteiger partial charge >= 0.3 is 6.03 Å². The lowest BCUT2D eigenvalue weighted by Gasteiger charge is -2.35. The van der Waals surface area contributed by atoms with Gasteiger partial charge in [0.1, 0.15) is 0 Å². The summed E-state index contributed by atoms with van der Waals surface area (Å²) >= 11 is 0. The van der Waals surface area contributed by atoms with Gasteiger partial charge in [0.2, 0.25) is 5.91 Å². The van der Waals surface area contributed by atoms with E-state index in [-0.39, 0.29) is 24.5 Å². The number of nitrogens with one attached hydrogen (secondary N) is 1. The van der Waals surface area contributed by atoms with E-state index in [4.69, 9.17) is 0 Å². The Morgan fingerprint density at radius 1 is 1.25 bits per heavy atom. The lowest BCUT2D eigenvalue weighted by Crippen LogP contribution is -2.47. The van der Waals surface area contributed by atoms with Crippen molar-refractivity contribution in [3.05, 3.63) is 30.1 Å². The van der Waals surface area contributed by atoms with Crippen molar-refractivity contribution in [3.63, 3.8) is 0 Å². The molecule has 0 aliphatic carbocycles. The van der Waals surface area contributed by atoms with E-state index in [0.717, 1.165) is 38.2 Å². The largest absolute Gasteiger partial charge is 0.329 e. The Balaban J connectivity index is 1.55. The van der Waals surface area contributed by atoms with Gasteiger partial charge in [-0.3, -0.25) is 19.6 Å². The molecule has 2 aliphatic heterocycles. The van der Waals surface area contributed by atoms with E-state index in [1.807, 2.05) is 18.2 Å². The molecule has 0 atom stereocenters. The number of hydrogen-bond acceptors (Lipinski definition) is 4. The highest BCUT2D eigenvalue weighted by molar-refractivity contribution is 6.02. The van der Waals surface area contributed by atoms with Gasteiger partial charge in [-0.25, -0.2) is 4.79 Å². The minimum atomic E-state index is -0.238. The zero-order valence-electron chi connectivity index (χ0n) is 11.3. The maximum absolute atomic E-state index is 11.7. The van der Waals surface area contributed by atoms with Crippen molar-refractivity contribution in [2.45, 2.75) is 25.4 Å². The summed E-state index contributed by atoms with van der Waals surface area (Å²) in [6.45, 7) is 2.75. The fourth-order valence-corrected chi connectivity index (χ4v) is 2.86. The molecule has 106 valence electrons. The third-order valence-corrected chi connectivity index (χ3v) is 3.91. The average molecular weight is 274 g/mol. The van der Waals surface area contributed by atoms with Gasteiger partial charge in [0, 0.05) is 31.9 Å². The minimum Gasteiger partial charge on any atom is -0.329 e. The number of carbonyl (C=O) groups excluding carboxylic acids is 2. The molecular formula is C14H18N4O2. The number of urea groups is 1. The van der Waals surface area contributed by atoms with E-state index in [2.05, 4.69) is 15.2 Å². The molecule has 0 bridgehead atoms. The van der Waals surface area contributed by atoms with Crippen LogP contribution in [0.5, 0.6) is 0 Å². The van der Waals surface area contributed by atoms with Crippen LogP contribution in [0.4, 0.5) is 4.79 Å². The molecule has 1 aromatic rings. The highest BCUT2D eigenvalue weighted by atomic mass is 16.2. The van der Waals surface area contributed by atoms with Crippen LogP contribution in [0.15, 0.2) is 24.4 Å². The molecule has 2 fully saturated rings. The fraction of sp³-hybridized carbons (Fsp3) is 0.500. The number of amides is 3. The lowest BCUT2D eigenvalue weighted by atomic mass is 10.0. The molecule has 3 amide bonds. The number of aromatic nitrogens is 1. The number of likely N-dealkylation sites (tertiary alicyclic amines) is 1. The molecule has 3 heterocycles. The van der Waals surface area contributed by atoms with Crippen LogP contribution in [0.3, 0.4) is 0 Å². The zero-order chi connectivity index (χ0) is 13.9. The molecule has 2 saturated heterocycles. The molecule has 0 aromatic carbocycles. The van der Waals surface area contributed by atoms with E-state index >= 15 is 0 Å². The maximum atomic E-state index is 11.7. The van der Waals surface area contributed by atoms with Crippen molar-refractivity contribution in [2.75, 3.05) is 19.6 Å². The van der Waals surface area contributed by atoms with Gasteiger partial charge in [0.15, 0.2) is 0 Å². The first-order valence-electron chi connectivity index (χ1n) is 6.96. The topological polar surface area (TPSA) is 65.5 Å². The Morgan fingerprint density at radius 3 is 2.65 bits per heavy atom. The van der Waals surface area contributed by atoms with Crippen molar-refractivity contribution >= 4 is 11.9 Å². The summed E-state index contributed by atoms with van der Waals surface area (Å²) in [5.41, 5.74) is 1.06. The molecule has 6 heteroatoms. The van der Waals surface area contributed by atoms with Crippen LogP contribution in [-0.2, 0) is 11.3 Å². The van der Waals surface area contributed by atoms with E-state index in [1.165, 1.54) is 4.90 Å². The van der Waals surface area contributed by atoms with E-state index in [1.54, 1.807) is 6.20 Å². The van der Waals surface area contributed by atoms with Crippen LogP contribution >= 0.6 is 0 Å². The quantitative estimate of drug-likeness (QED) is 0.820. The van der Waals surface area contributed by atoms with Gasteiger partial charge in [-0.2, -0.15) is 0 Å². The maximum Gasteiger partial charge on any atom is 0.324 e. The summed E-state index contributed by atoms with van der Waals surface area (Å²) in [6, 6.07) is 5.72. The first kappa shape index (κ1) is 13.1. The zero-order valence-corrected chi connectivity index (χ0v) is 11.3. The third kappa shape index (κ3) is 2.65. The summed E-state index contributed by atoms with van der Waals surface area (Å²) < 4.78 is 0. The second kappa shape index (κ2) is 5.58. The normalized spacial score (nSPS) is 21.3. The molecule has 2 aliphatic rings. The van der Waals surface area contributed by atoms with E-state index < -0.39 is 0 Å². The fourth-order valence-electron chi connectivity index (χ4n) is 2.86. The van der Waals surface area contributed by atoms with Gasteiger partial charge in [-0.15, -0.1) is 0 Å². The molecule has 0 radical (unpaired) electrons. The Labute approximate surface area is 117 Å². The van der Waals surface area contributed by atoms with Gasteiger partial charge < -0.3 is 5.32 Å². The summed E-state index contributed by atoms with van der Waals surface area (Å²) in [4.78, 5) is 31.3. The Kier molecular flexibility index (Phi) is 3.64. The Hall–Kier alpha value is -1.95. The predicted molar refractivity (Wildman–Crippen MR) is 72.8 cm³/mol. The van der Waals surface area contributed by atoms with Crippen molar-refractivity contribution < 1.29 is 9.59 Å². The summed E-state index contributed by atoms with van der Waals surface area (Å²) in [5, 5.41) is 2.58. The Bertz CT molecular complexity index is 481. The highest BCUT2D eigenvalue weighted by Crippen LogP contribution is 2.19. The van der Waals surface area contributed by atoms with E-state index in [9.17, 15) is 9.59 Å². The SMILES string of the molecule is O=C1CNC(=O)N1C1CCN(Cc2ccccn2)CC1. The van der Waals surface area contributed by atoms with Crippen LogP contribution in [0.25, 0.3) is 0 Å². The van der Waals surface area contributed by atoms with Crippen molar-refractivity contribution in [3.8, 4) is 0 Å². The van der Waals surface area contributed by atoms with Crippen molar-refractivity contribution in [2.24, 2.45) is 0 Å². The number of imide groups is 1. The number of piperidine rings is 1. The first-order valence-corrected chi connectivity index (χ1v) is 6.96. The molecule has 1 N–H and O–H groups in total. The van der Waals surface area contributed by atoms with Gasteiger partial charge in [0.05, 0.1) is 12.2 Å². The first-order chi connectivity index (χ1) is 9.74. The standard InChI is InChI=1S/C14H18N4O2/c19-13-9-16-14(20)18(13)12-4-7-17(8-5-12)10-11-3-1-2-6-15-11/h1-3,6,12H,4-5,7-10H2,(H,16,20). The number of pyridine rings is 1. The van der Waals surface area contributed by atoms with E-state index in [0.29, 0.717) is 0 Å². The van der Waals surface area contributed by atoms with Crippen LogP contribution in [0.2, 0.25) is 0 Å². The van der Waals surface area contributed by atoms with Crippen molar-refractivity contribution in [1.29, 1.82) is 0 Å². The van der Waals surface area contributed by atoms with Gasteiger partial charge in [-0.05, 0) is 25.0 Å². The Morgan fingerprint density at radius 2 is 2.05 bits per heavy atom. The summed E-state index contributed by atoms with van der Waals surface area (Å²) in [5.74, 6) is -0.0989. The van der Waals surface area contributed by atoms with Gasteiger partial charge in [-0.1, -0.05) is 6.07 Å². The molecule has 0 saturated carbocycles. The monoisotopic (exact) mass is 274 g/mol. The molecule has 3 rings (SSSR count). The minimum absolute atomic E-state index is 0.0463.